The summed E-state index contributed by atoms with van der Waals surface area (Å²) in [6.07, 6.45) is 7.17. The Morgan fingerprint density at radius 2 is 1.71 bits per heavy atom. The first-order valence-electron chi connectivity index (χ1n) is 17.2. The van der Waals surface area contributed by atoms with Gasteiger partial charge in [0.1, 0.15) is 11.4 Å². The van der Waals surface area contributed by atoms with Crippen molar-refractivity contribution < 1.29 is 19.1 Å². The van der Waals surface area contributed by atoms with Crippen LogP contribution in [0.1, 0.15) is 67.7 Å². The zero-order valence-electron chi connectivity index (χ0n) is 29.1. The van der Waals surface area contributed by atoms with Crippen molar-refractivity contribution in [1.82, 2.24) is 24.8 Å². The number of ether oxygens (including phenoxy) is 1. The zero-order chi connectivity index (χ0) is 35.7. The Bertz CT molecular complexity index is 2030. The maximum absolute atomic E-state index is 13.4. The number of para-hydroxylation sites is 1. The number of aromatic nitrogens is 3. The molecule has 1 saturated heterocycles. The Morgan fingerprint density at radius 1 is 0.922 bits per heavy atom. The quantitative estimate of drug-likeness (QED) is 0.130. The van der Waals surface area contributed by atoms with Gasteiger partial charge in [0, 0.05) is 55.3 Å². The minimum atomic E-state index is -0.390. The fourth-order valence-corrected chi connectivity index (χ4v) is 6.70. The molecule has 2 aromatic carbocycles. The molecule has 1 aliphatic rings. The number of rotatable bonds is 13. The molecule has 6 rings (SSSR count). The summed E-state index contributed by atoms with van der Waals surface area (Å²) in [5.41, 5.74) is 4.37. The van der Waals surface area contributed by atoms with E-state index in [4.69, 9.17) is 4.74 Å². The van der Waals surface area contributed by atoms with Crippen molar-refractivity contribution in [2.75, 3.05) is 50.0 Å². The topological polar surface area (TPSA) is 130 Å². The number of aryl methyl sites for hydroxylation is 2. The summed E-state index contributed by atoms with van der Waals surface area (Å²) in [6.45, 7) is 8.63. The SMILES string of the molecule is CC(C)CCc1sc(NC(=O)c2cc(NC(=O)c3ccc(/C=C/c4ccc5ccccc5n4)cc3)cn2C)nc1C(=O)NCCN1CCOCC1. The molecule has 1 fully saturated rings. The Kier molecular flexibility index (Phi) is 11.7. The van der Waals surface area contributed by atoms with Crippen molar-refractivity contribution in [1.29, 1.82) is 0 Å². The van der Waals surface area contributed by atoms with E-state index in [1.807, 2.05) is 60.7 Å². The first kappa shape index (κ1) is 35.6. The largest absolute Gasteiger partial charge is 0.379 e. The highest BCUT2D eigenvalue weighted by Crippen LogP contribution is 2.27. The molecule has 3 N–H and O–H groups in total. The molecular formula is C39H43N7O4S. The molecule has 0 spiro atoms. The van der Waals surface area contributed by atoms with Crippen LogP contribution in [-0.4, -0.2) is 76.5 Å². The van der Waals surface area contributed by atoms with Gasteiger partial charge in [-0.05, 0) is 60.7 Å². The second-order valence-electron chi connectivity index (χ2n) is 13.0. The van der Waals surface area contributed by atoms with Gasteiger partial charge >= 0.3 is 0 Å². The number of fused-ring (bicyclic) bond motifs is 1. The van der Waals surface area contributed by atoms with Gasteiger partial charge in [0.15, 0.2) is 5.13 Å². The lowest BCUT2D eigenvalue weighted by Crippen LogP contribution is -2.41. The summed E-state index contributed by atoms with van der Waals surface area (Å²) in [6, 6.07) is 20.9. The van der Waals surface area contributed by atoms with Crippen molar-refractivity contribution in [2.45, 2.75) is 26.7 Å². The maximum Gasteiger partial charge on any atom is 0.274 e. The average molecular weight is 706 g/mol. The minimum Gasteiger partial charge on any atom is -0.379 e. The van der Waals surface area contributed by atoms with Gasteiger partial charge in [-0.1, -0.05) is 56.3 Å². The van der Waals surface area contributed by atoms with Crippen LogP contribution in [0.3, 0.4) is 0 Å². The van der Waals surface area contributed by atoms with Crippen molar-refractivity contribution in [2.24, 2.45) is 13.0 Å². The Morgan fingerprint density at radius 3 is 2.49 bits per heavy atom. The standard InChI is InChI=1S/C39H43N7O4S/c1-26(2)8-17-34-35(38(49)40-18-19-46-20-22-50-23-21-46)43-39(51-34)44-37(48)33-24-31(25-45(33)3)42-36(47)29-12-9-27(10-13-29)11-15-30-16-14-28-6-4-5-7-32(28)41-30/h4-7,9-16,24-26H,8,17-23H2,1-3H3,(H,40,49)(H,42,47)(H,43,44,48)/b15-11+. The van der Waals surface area contributed by atoms with Gasteiger partial charge in [-0.2, -0.15) is 0 Å². The first-order valence-corrected chi connectivity index (χ1v) is 18.0. The zero-order valence-corrected chi connectivity index (χ0v) is 30.0. The third-order valence-corrected chi connectivity index (χ3v) is 9.66. The number of morpholine rings is 1. The highest BCUT2D eigenvalue weighted by molar-refractivity contribution is 7.16. The molecule has 3 amide bonds. The van der Waals surface area contributed by atoms with E-state index < -0.39 is 5.91 Å². The molecule has 0 unspecified atom stereocenters. The molecule has 264 valence electrons. The molecule has 0 saturated carbocycles. The van der Waals surface area contributed by atoms with Crippen LogP contribution in [0.2, 0.25) is 0 Å². The smallest absolute Gasteiger partial charge is 0.274 e. The van der Waals surface area contributed by atoms with Gasteiger partial charge in [-0.25, -0.2) is 9.97 Å². The number of carbonyl (C=O) groups excluding carboxylic acids is 3. The molecule has 51 heavy (non-hydrogen) atoms. The Balaban J connectivity index is 1.06. The van der Waals surface area contributed by atoms with Crippen LogP contribution in [0.4, 0.5) is 10.8 Å². The number of hydrogen-bond acceptors (Lipinski definition) is 8. The molecule has 1 aliphatic heterocycles. The van der Waals surface area contributed by atoms with Crippen LogP contribution >= 0.6 is 11.3 Å². The number of nitrogens with zero attached hydrogens (tertiary/aromatic N) is 4. The lowest BCUT2D eigenvalue weighted by atomic mass is 10.1. The second kappa shape index (κ2) is 16.7. The number of carbonyl (C=O) groups is 3. The number of benzene rings is 2. The van der Waals surface area contributed by atoms with Gasteiger partial charge in [0.05, 0.1) is 30.1 Å². The summed E-state index contributed by atoms with van der Waals surface area (Å²) in [5.74, 6) is -0.474. The predicted molar refractivity (Wildman–Crippen MR) is 203 cm³/mol. The van der Waals surface area contributed by atoms with Gasteiger partial charge in [0.2, 0.25) is 0 Å². The minimum absolute atomic E-state index is 0.242. The maximum atomic E-state index is 13.4. The van der Waals surface area contributed by atoms with E-state index in [0.29, 0.717) is 59.9 Å². The van der Waals surface area contributed by atoms with Crippen LogP contribution in [-0.2, 0) is 18.2 Å². The van der Waals surface area contributed by atoms with Crippen molar-refractivity contribution in [3.05, 3.63) is 106 Å². The number of anilines is 2. The number of pyridine rings is 1. The normalized spacial score (nSPS) is 13.6. The first-order chi connectivity index (χ1) is 24.7. The predicted octanol–water partition coefficient (Wildman–Crippen LogP) is 6.36. The molecule has 0 radical (unpaired) electrons. The number of hydrogen-bond donors (Lipinski definition) is 3. The third kappa shape index (κ3) is 9.54. The van der Waals surface area contributed by atoms with E-state index in [1.54, 1.807) is 36.0 Å². The van der Waals surface area contributed by atoms with Gasteiger partial charge in [-0.15, -0.1) is 11.3 Å². The van der Waals surface area contributed by atoms with Gasteiger partial charge in [0.25, 0.3) is 17.7 Å². The van der Waals surface area contributed by atoms with Crippen molar-refractivity contribution in [3.63, 3.8) is 0 Å². The van der Waals surface area contributed by atoms with Crippen LogP contribution in [0.15, 0.2) is 72.9 Å². The molecule has 11 nitrogen and oxygen atoms in total. The molecule has 3 aromatic heterocycles. The summed E-state index contributed by atoms with van der Waals surface area (Å²) in [5, 5.41) is 10.2. The second-order valence-corrected chi connectivity index (χ2v) is 14.0. The van der Waals surface area contributed by atoms with E-state index in [1.165, 1.54) is 11.3 Å². The van der Waals surface area contributed by atoms with Crippen molar-refractivity contribution in [3.8, 4) is 0 Å². The van der Waals surface area contributed by atoms with Gasteiger partial charge in [-0.3, -0.25) is 24.6 Å². The fourth-order valence-electron chi connectivity index (χ4n) is 5.73. The molecular weight excluding hydrogens is 663 g/mol. The molecule has 0 aliphatic carbocycles. The number of nitrogens with one attached hydrogen (secondary N) is 3. The fraction of sp³-hybridized carbons (Fsp3) is 0.308. The van der Waals surface area contributed by atoms with Crippen molar-refractivity contribution >= 4 is 62.9 Å². The van der Waals surface area contributed by atoms with E-state index >= 15 is 0 Å². The average Bonchev–Trinajstić information content (AvgIpc) is 3.72. The van der Waals surface area contributed by atoms with E-state index in [2.05, 4.69) is 44.7 Å². The van der Waals surface area contributed by atoms with E-state index in [9.17, 15) is 14.4 Å². The highest BCUT2D eigenvalue weighted by atomic mass is 32.1. The third-order valence-electron chi connectivity index (χ3n) is 8.63. The molecule has 4 heterocycles. The Hall–Kier alpha value is -5.17. The lowest BCUT2D eigenvalue weighted by molar-refractivity contribution is 0.0383. The monoisotopic (exact) mass is 705 g/mol. The van der Waals surface area contributed by atoms with Gasteiger partial charge < -0.3 is 19.9 Å². The summed E-state index contributed by atoms with van der Waals surface area (Å²) in [4.78, 5) is 51.9. The van der Waals surface area contributed by atoms with Crippen LogP contribution in [0.25, 0.3) is 23.1 Å². The number of amides is 3. The summed E-state index contributed by atoms with van der Waals surface area (Å²) in [7, 11) is 1.74. The Labute approximate surface area is 301 Å². The molecule has 5 aromatic rings. The molecule has 12 heteroatoms. The van der Waals surface area contributed by atoms with E-state index in [-0.39, 0.29) is 11.8 Å². The molecule has 0 bridgehead atoms. The van der Waals surface area contributed by atoms with Crippen LogP contribution in [0, 0.1) is 5.92 Å². The summed E-state index contributed by atoms with van der Waals surface area (Å²) < 4.78 is 7.05. The summed E-state index contributed by atoms with van der Waals surface area (Å²) >= 11 is 1.32. The number of thiazole rings is 1. The van der Waals surface area contributed by atoms with Crippen LogP contribution < -0.4 is 16.0 Å². The molecule has 0 atom stereocenters. The van der Waals surface area contributed by atoms with Crippen LogP contribution in [0.5, 0.6) is 0 Å². The van der Waals surface area contributed by atoms with E-state index in [0.717, 1.165) is 53.1 Å². The highest BCUT2D eigenvalue weighted by Gasteiger charge is 2.22. The lowest BCUT2D eigenvalue weighted by Gasteiger charge is -2.26.